The third kappa shape index (κ3) is 3.08. The average Bonchev–Trinajstić information content (AvgIpc) is 2.79. The fourth-order valence-corrected chi connectivity index (χ4v) is 1.93. The molecule has 5 heteroatoms. The predicted molar refractivity (Wildman–Crippen MR) is 69.9 cm³/mol. The molecule has 1 atom stereocenters. The third-order valence-electron chi connectivity index (χ3n) is 2.53. The first-order valence-electron chi connectivity index (χ1n) is 5.47. The molecular formula is C12H16N4S. The van der Waals surface area contributed by atoms with E-state index in [1.54, 1.807) is 11.8 Å². The zero-order valence-electron chi connectivity index (χ0n) is 10.00. The topological polar surface area (TPSA) is 56.7 Å². The summed E-state index contributed by atoms with van der Waals surface area (Å²) in [6.45, 7) is 2.63. The third-order valence-corrected chi connectivity index (χ3v) is 3.27. The van der Waals surface area contributed by atoms with Gasteiger partial charge in [-0.15, -0.1) is 16.9 Å². The minimum Gasteiger partial charge on any atom is -0.323 e. The zero-order chi connectivity index (χ0) is 12.3. The quantitative estimate of drug-likeness (QED) is 0.842. The first kappa shape index (κ1) is 12.1. The highest BCUT2D eigenvalue weighted by Gasteiger charge is 2.05. The lowest BCUT2D eigenvalue weighted by Crippen LogP contribution is -2.05. The lowest BCUT2D eigenvalue weighted by atomic mass is 10.2. The van der Waals surface area contributed by atoms with Crippen molar-refractivity contribution in [1.29, 1.82) is 0 Å². The van der Waals surface area contributed by atoms with E-state index >= 15 is 0 Å². The lowest BCUT2D eigenvalue weighted by Gasteiger charge is -2.02. The van der Waals surface area contributed by atoms with Crippen molar-refractivity contribution in [1.82, 2.24) is 15.0 Å². The molecule has 0 spiro atoms. The van der Waals surface area contributed by atoms with Gasteiger partial charge in [0, 0.05) is 10.9 Å². The average molecular weight is 248 g/mol. The van der Waals surface area contributed by atoms with Crippen LogP contribution >= 0.6 is 11.8 Å². The van der Waals surface area contributed by atoms with Gasteiger partial charge >= 0.3 is 0 Å². The van der Waals surface area contributed by atoms with Gasteiger partial charge in [0.15, 0.2) is 0 Å². The van der Waals surface area contributed by atoms with Crippen LogP contribution in [0, 0.1) is 0 Å². The van der Waals surface area contributed by atoms with Gasteiger partial charge in [0.05, 0.1) is 18.4 Å². The van der Waals surface area contributed by atoms with Gasteiger partial charge in [-0.2, -0.15) is 0 Å². The summed E-state index contributed by atoms with van der Waals surface area (Å²) in [7, 11) is 0. The van der Waals surface area contributed by atoms with Gasteiger partial charge in [-0.1, -0.05) is 17.3 Å². The molecule has 4 nitrogen and oxygen atoms in total. The van der Waals surface area contributed by atoms with Crippen LogP contribution in [0.5, 0.6) is 0 Å². The fourth-order valence-electron chi connectivity index (χ4n) is 1.52. The number of nitrogens with zero attached hydrogens (tertiary/aromatic N) is 3. The van der Waals surface area contributed by atoms with Gasteiger partial charge < -0.3 is 5.73 Å². The summed E-state index contributed by atoms with van der Waals surface area (Å²) in [5.41, 5.74) is 7.78. The lowest BCUT2D eigenvalue weighted by molar-refractivity contribution is 0.648. The Morgan fingerprint density at radius 1 is 1.35 bits per heavy atom. The van der Waals surface area contributed by atoms with Crippen LogP contribution < -0.4 is 5.73 Å². The second kappa shape index (κ2) is 5.33. The molecular weight excluding hydrogens is 232 g/mol. The maximum Gasteiger partial charge on any atom is 0.0991 e. The molecule has 0 amide bonds. The molecule has 0 saturated carbocycles. The van der Waals surface area contributed by atoms with Gasteiger partial charge in [0.25, 0.3) is 0 Å². The summed E-state index contributed by atoms with van der Waals surface area (Å²) in [5.74, 6) is 0. The van der Waals surface area contributed by atoms with E-state index in [1.165, 1.54) is 10.5 Å². The second-order valence-electron chi connectivity index (χ2n) is 3.98. The summed E-state index contributed by atoms with van der Waals surface area (Å²) < 4.78 is 1.81. The number of thioether (sulfide) groups is 1. The highest BCUT2D eigenvalue weighted by Crippen LogP contribution is 2.15. The van der Waals surface area contributed by atoms with Crippen LogP contribution in [0.3, 0.4) is 0 Å². The molecule has 2 rings (SSSR count). The predicted octanol–water partition coefficient (Wildman–Crippen LogP) is 2.07. The second-order valence-corrected chi connectivity index (χ2v) is 4.86. The van der Waals surface area contributed by atoms with Crippen molar-refractivity contribution in [3.8, 4) is 0 Å². The molecule has 2 aromatic rings. The van der Waals surface area contributed by atoms with Crippen molar-refractivity contribution in [3.63, 3.8) is 0 Å². The number of rotatable bonds is 4. The van der Waals surface area contributed by atoms with Crippen LogP contribution in [0.15, 0.2) is 35.4 Å². The number of hydrogen-bond acceptors (Lipinski definition) is 4. The number of aromatic nitrogens is 3. The Kier molecular flexibility index (Phi) is 3.81. The summed E-state index contributed by atoms with van der Waals surface area (Å²) in [5, 5.41) is 8.09. The van der Waals surface area contributed by atoms with E-state index < -0.39 is 0 Å². The van der Waals surface area contributed by atoms with Crippen molar-refractivity contribution >= 4 is 11.8 Å². The SMILES string of the molecule is CSc1ccc(Cn2cc(C(C)N)nn2)cc1. The smallest absolute Gasteiger partial charge is 0.0991 e. The van der Waals surface area contributed by atoms with E-state index in [9.17, 15) is 0 Å². The molecule has 1 unspecified atom stereocenters. The Morgan fingerprint density at radius 3 is 2.59 bits per heavy atom. The molecule has 0 bridgehead atoms. The zero-order valence-corrected chi connectivity index (χ0v) is 10.8. The molecule has 0 saturated heterocycles. The Balaban J connectivity index is 2.08. The molecule has 0 radical (unpaired) electrons. The molecule has 1 aromatic heterocycles. The van der Waals surface area contributed by atoms with E-state index in [4.69, 9.17) is 5.73 Å². The largest absolute Gasteiger partial charge is 0.323 e. The van der Waals surface area contributed by atoms with Crippen LogP contribution in [-0.2, 0) is 6.54 Å². The minimum absolute atomic E-state index is 0.0670. The molecule has 90 valence electrons. The van der Waals surface area contributed by atoms with Crippen molar-refractivity contribution in [2.75, 3.05) is 6.26 Å². The maximum atomic E-state index is 5.74. The van der Waals surface area contributed by atoms with Crippen molar-refractivity contribution < 1.29 is 0 Å². The monoisotopic (exact) mass is 248 g/mol. The molecule has 1 heterocycles. The van der Waals surface area contributed by atoms with Crippen LogP contribution in [0.25, 0.3) is 0 Å². The van der Waals surface area contributed by atoms with E-state index in [0.717, 1.165) is 12.2 Å². The number of nitrogens with two attached hydrogens (primary N) is 1. The van der Waals surface area contributed by atoms with Crippen LogP contribution in [0.4, 0.5) is 0 Å². The van der Waals surface area contributed by atoms with Crippen LogP contribution in [0.1, 0.15) is 24.2 Å². The van der Waals surface area contributed by atoms with Crippen LogP contribution in [0.2, 0.25) is 0 Å². The highest BCUT2D eigenvalue weighted by atomic mass is 32.2. The van der Waals surface area contributed by atoms with Crippen molar-refractivity contribution in [3.05, 3.63) is 41.7 Å². The van der Waals surface area contributed by atoms with Gasteiger partial charge in [-0.05, 0) is 30.9 Å². The van der Waals surface area contributed by atoms with E-state index in [2.05, 4.69) is 40.8 Å². The molecule has 2 N–H and O–H groups in total. The van der Waals surface area contributed by atoms with E-state index in [-0.39, 0.29) is 6.04 Å². The van der Waals surface area contributed by atoms with E-state index in [0.29, 0.717) is 0 Å². The summed E-state index contributed by atoms with van der Waals surface area (Å²) in [4.78, 5) is 1.27. The molecule has 0 aliphatic heterocycles. The summed E-state index contributed by atoms with van der Waals surface area (Å²) in [6, 6.07) is 8.38. The fraction of sp³-hybridized carbons (Fsp3) is 0.333. The van der Waals surface area contributed by atoms with Crippen LogP contribution in [-0.4, -0.2) is 21.2 Å². The Labute approximate surface area is 105 Å². The number of benzene rings is 1. The standard InChI is InChI=1S/C12H16N4S/c1-9(13)12-8-16(15-14-12)7-10-3-5-11(17-2)6-4-10/h3-6,8-9H,7,13H2,1-2H3. The van der Waals surface area contributed by atoms with Gasteiger partial charge in [0.1, 0.15) is 0 Å². The maximum absolute atomic E-state index is 5.74. The molecule has 1 aromatic carbocycles. The molecule has 0 aliphatic carbocycles. The molecule has 0 fully saturated rings. The van der Waals surface area contributed by atoms with Crippen molar-refractivity contribution in [2.24, 2.45) is 5.73 Å². The van der Waals surface area contributed by atoms with Crippen molar-refractivity contribution in [2.45, 2.75) is 24.4 Å². The molecule has 0 aliphatic rings. The number of hydrogen-bond donors (Lipinski definition) is 1. The Hall–Kier alpha value is -1.33. The van der Waals surface area contributed by atoms with Gasteiger partial charge in [-0.25, -0.2) is 4.68 Å². The summed E-state index contributed by atoms with van der Waals surface area (Å²) >= 11 is 1.74. The molecule has 17 heavy (non-hydrogen) atoms. The van der Waals surface area contributed by atoms with Gasteiger partial charge in [0.2, 0.25) is 0 Å². The highest BCUT2D eigenvalue weighted by molar-refractivity contribution is 7.98. The Morgan fingerprint density at radius 2 is 2.06 bits per heavy atom. The summed E-state index contributed by atoms with van der Waals surface area (Å²) in [6.07, 6.45) is 3.97. The first-order chi connectivity index (χ1) is 8.19. The van der Waals surface area contributed by atoms with Gasteiger partial charge in [-0.3, -0.25) is 0 Å². The Bertz CT molecular complexity index is 476. The first-order valence-corrected chi connectivity index (χ1v) is 6.70. The normalized spacial score (nSPS) is 12.6. The van der Waals surface area contributed by atoms with E-state index in [1.807, 2.05) is 17.8 Å². The minimum atomic E-state index is -0.0670.